The van der Waals surface area contributed by atoms with Gasteiger partial charge in [-0.15, -0.1) is 0 Å². The van der Waals surface area contributed by atoms with E-state index in [1.165, 1.54) is 6.92 Å². The molecule has 0 bridgehead atoms. The van der Waals surface area contributed by atoms with Crippen molar-refractivity contribution in [2.24, 2.45) is 0 Å². The van der Waals surface area contributed by atoms with E-state index in [0.717, 1.165) is 21.8 Å². The van der Waals surface area contributed by atoms with Crippen LogP contribution in [0.1, 0.15) is 11.8 Å². The van der Waals surface area contributed by atoms with Crippen molar-refractivity contribution >= 4 is 28.9 Å². The van der Waals surface area contributed by atoms with Crippen molar-refractivity contribution in [2.75, 3.05) is 18.9 Å². The minimum Gasteiger partial charge on any atom is -0.480 e. The highest BCUT2D eigenvalue weighted by molar-refractivity contribution is 7.09. The fraction of sp³-hybridized carbons (Fsp3) is 0.267. The Kier molecular flexibility index (Phi) is 5.30. The summed E-state index contributed by atoms with van der Waals surface area (Å²) < 4.78 is 0. The molecule has 2 aromatic rings. The maximum absolute atomic E-state index is 11.7. The molecule has 8 heteroatoms. The van der Waals surface area contributed by atoms with E-state index in [-0.39, 0.29) is 17.3 Å². The van der Waals surface area contributed by atoms with Crippen molar-refractivity contribution in [3.8, 4) is 11.3 Å². The van der Waals surface area contributed by atoms with E-state index in [1.54, 1.807) is 30.1 Å². The lowest BCUT2D eigenvalue weighted by Gasteiger charge is -2.13. The molecule has 0 atom stereocenters. The molecule has 3 N–H and O–H groups in total. The van der Waals surface area contributed by atoms with E-state index in [0.29, 0.717) is 17.9 Å². The number of hydrogen-bond donors (Lipinski definition) is 3. The van der Waals surface area contributed by atoms with Crippen LogP contribution in [-0.2, 0) is 16.1 Å². The van der Waals surface area contributed by atoms with Crippen LogP contribution < -0.4 is 10.2 Å². The van der Waals surface area contributed by atoms with Crippen molar-refractivity contribution in [3.05, 3.63) is 38.8 Å². The number of aliphatic carboxylic acids is 1. The number of carboxylic acid groups (broad SMARTS) is 1. The Morgan fingerprint density at radius 2 is 2.13 bits per heavy atom. The van der Waals surface area contributed by atoms with Crippen LogP contribution in [0.3, 0.4) is 0 Å². The summed E-state index contributed by atoms with van der Waals surface area (Å²) in [4.78, 5) is 38.6. The highest BCUT2D eigenvalue weighted by Crippen LogP contribution is 2.26. The van der Waals surface area contributed by atoms with Crippen LogP contribution in [0.25, 0.3) is 11.3 Å². The highest BCUT2D eigenvalue weighted by atomic mass is 32.1. The van der Waals surface area contributed by atoms with E-state index >= 15 is 0 Å². The van der Waals surface area contributed by atoms with Gasteiger partial charge >= 0.3 is 10.8 Å². The van der Waals surface area contributed by atoms with Gasteiger partial charge in [0.1, 0.15) is 0 Å². The summed E-state index contributed by atoms with van der Waals surface area (Å²) in [5.74, 6) is -1.10. The lowest BCUT2D eigenvalue weighted by atomic mass is 10.1. The van der Waals surface area contributed by atoms with Gasteiger partial charge in [0.2, 0.25) is 5.91 Å². The molecule has 23 heavy (non-hydrogen) atoms. The average molecular weight is 335 g/mol. The Hall–Kier alpha value is -2.45. The van der Waals surface area contributed by atoms with E-state index in [2.05, 4.69) is 10.3 Å². The van der Waals surface area contributed by atoms with Crippen LogP contribution in [0.5, 0.6) is 0 Å². The van der Waals surface area contributed by atoms with Crippen molar-refractivity contribution in [1.82, 2.24) is 9.88 Å². The zero-order valence-corrected chi connectivity index (χ0v) is 13.6. The largest absolute Gasteiger partial charge is 0.480 e. The summed E-state index contributed by atoms with van der Waals surface area (Å²) >= 11 is 1.05. The smallest absolute Gasteiger partial charge is 0.317 e. The molecule has 0 aliphatic heterocycles. The second-order valence-electron chi connectivity index (χ2n) is 5.14. The maximum atomic E-state index is 11.7. The molecule has 0 fully saturated rings. The van der Waals surface area contributed by atoms with Crippen LogP contribution in [0.2, 0.25) is 0 Å². The van der Waals surface area contributed by atoms with Crippen LogP contribution in [-0.4, -0.2) is 40.5 Å². The molecule has 0 radical (unpaired) electrons. The molecule has 7 nitrogen and oxygen atoms in total. The number of likely N-dealkylation sites (N-methyl/N-ethyl adjacent to an activating group) is 1. The third-order valence-corrected chi connectivity index (χ3v) is 3.88. The third kappa shape index (κ3) is 4.76. The maximum Gasteiger partial charge on any atom is 0.317 e. The molecule has 2 rings (SSSR count). The van der Waals surface area contributed by atoms with Gasteiger partial charge in [-0.1, -0.05) is 23.5 Å². The minimum atomic E-state index is -0.926. The normalized spacial score (nSPS) is 10.7. The number of nitrogens with zero attached hydrogens (tertiary/aromatic N) is 1. The Morgan fingerprint density at radius 1 is 1.39 bits per heavy atom. The second-order valence-corrected chi connectivity index (χ2v) is 6.21. The predicted octanol–water partition coefficient (Wildman–Crippen LogP) is 1.58. The van der Waals surface area contributed by atoms with Gasteiger partial charge in [-0.25, -0.2) is 0 Å². The van der Waals surface area contributed by atoms with Crippen molar-refractivity contribution in [1.29, 1.82) is 0 Å². The molecule has 0 aliphatic rings. The summed E-state index contributed by atoms with van der Waals surface area (Å²) in [6.45, 7) is 1.65. The monoisotopic (exact) mass is 335 g/mol. The fourth-order valence-electron chi connectivity index (χ4n) is 2.19. The molecule has 1 amide bonds. The number of anilines is 1. The first-order valence-electron chi connectivity index (χ1n) is 6.85. The molecule has 1 aromatic heterocycles. The fourth-order valence-corrected chi connectivity index (χ4v) is 3.13. The Morgan fingerprint density at radius 3 is 2.78 bits per heavy atom. The van der Waals surface area contributed by atoms with Gasteiger partial charge in [0.15, 0.2) is 0 Å². The van der Waals surface area contributed by atoms with Gasteiger partial charge < -0.3 is 15.4 Å². The number of amides is 1. The zero-order valence-electron chi connectivity index (χ0n) is 12.8. The van der Waals surface area contributed by atoms with Crippen LogP contribution in [0.15, 0.2) is 29.1 Å². The first-order chi connectivity index (χ1) is 10.8. The van der Waals surface area contributed by atoms with E-state index in [1.807, 2.05) is 6.07 Å². The average Bonchev–Trinajstić information content (AvgIpc) is 2.78. The number of thiazole rings is 1. The molecule has 1 aromatic carbocycles. The Bertz CT molecular complexity index is 781. The van der Waals surface area contributed by atoms with E-state index in [4.69, 9.17) is 5.11 Å². The van der Waals surface area contributed by atoms with E-state index < -0.39 is 5.97 Å². The lowest BCUT2D eigenvalue weighted by Crippen LogP contribution is -2.24. The van der Waals surface area contributed by atoms with Gasteiger partial charge in [-0.3, -0.25) is 19.3 Å². The standard InChI is InChI=1S/C15H17N3O4S/c1-9(19)16-11-5-3-4-10(6-11)14-12(23-15(22)17-14)7-18(2)8-13(20)21/h3-6H,7-8H2,1-2H3,(H,16,19)(H,17,22)(H,20,21). The summed E-state index contributed by atoms with van der Waals surface area (Å²) in [6.07, 6.45) is 0. The Balaban J connectivity index is 2.31. The van der Waals surface area contributed by atoms with Gasteiger partial charge in [0.05, 0.1) is 12.2 Å². The summed E-state index contributed by atoms with van der Waals surface area (Å²) in [5.41, 5.74) is 2.03. The third-order valence-electron chi connectivity index (χ3n) is 3.01. The van der Waals surface area contributed by atoms with Crippen LogP contribution in [0, 0.1) is 0 Å². The molecule has 0 aliphatic carbocycles. The molecule has 0 saturated carbocycles. The van der Waals surface area contributed by atoms with Gasteiger partial charge in [-0.05, 0) is 19.2 Å². The predicted molar refractivity (Wildman–Crippen MR) is 88.6 cm³/mol. The molecule has 1 heterocycles. The van der Waals surface area contributed by atoms with Gasteiger partial charge in [-0.2, -0.15) is 0 Å². The molecule has 0 spiro atoms. The number of hydrogen-bond acceptors (Lipinski definition) is 5. The minimum absolute atomic E-state index is 0.114. The molecule has 122 valence electrons. The quantitative estimate of drug-likeness (QED) is 0.744. The molecular weight excluding hydrogens is 318 g/mol. The van der Waals surface area contributed by atoms with Crippen molar-refractivity contribution in [2.45, 2.75) is 13.5 Å². The summed E-state index contributed by atoms with van der Waals surface area (Å²) in [6, 6.07) is 7.12. The van der Waals surface area contributed by atoms with Gasteiger partial charge in [0, 0.05) is 29.6 Å². The number of nitrogens with one attached hydrogen (secondary N) is 2. The molecule has 0 unspecified atom stereocenters. The SMILES string of the molecule is CC(=O)Nc1cccc(-c2[nH]c(=O)sc2CN(C)CC(=O)O)c1. The molecule has 0 saturated heterocycles. The van der Waals surface area contributed by atoms with Crippen molar-refractivity contribution in [3.63, 3.8) is 0 Å². The van der Waals surface area contributed by atoms with Crippen LogP contribution >= 0.6 is 11.3 Å². The number of H-pyrrole nitrogens is 1. The highest BCUT2D eigenvalue weighted by Gasteiger charge is 2.14. The van der Waals surface area contributed by atoms with Crippen LogP contribution in [0.4, 0.5) is 5.69 Å². The van der Waals surface area contributed by atoms with E-state index in [9.17, 15) is 14.4 Å². The van der Waals surface area contributed by atoms with Crippen molar-refractivity contribution < 1.29 is 14.7 Å². The number of aromatic amines is 1. The number of carbonyl (C=O) groups is 2. The molecular formula is C15H17N3O4S. The lowest BCUT2D eigenvalue weighted by molar-refractivity contribution is -0.138. The number of carbonyl (C=O) groups excluding carboxylic acids is 1. The number of benzene rings is 1. The number of carboxylic acids is 1. The topological polar surface area (TPSA) is 103 Å². The number of rotatable bonds is 6. The first-order valence-corrected chi connectivity index (χ1v) is 7.67. The number of aromatic nitrogens is 1. The first kappa shape index (κ1) is 16.9. The second kappa shape index (κ2) is 7.21. The Labute approximate surface area is 136 Å². The summed E-state index contributed by atoms with van der Waals surface area (Å²) in [5, 5.41) is 11.5. The van der Waals surface area contributed by atoms with Gasteiger partial charge in [0.25, 0.3) is 0 Å². The zero-order chi connectivity index (χ0) is 17.0. The summed E-state index contributed by atoms with van der Waals surface area (Å²) in [7, 11) is 1.68.